The van der Waals surface area contributed by atoms with Gasteiger partial charge in [-0.05, 0) is 24.8 Å². The Balaban J connectivity index is 2.19. The summed E-state index contributed by atoms with van der Waals surface area (Å²) in [6, 6.07) is 2.12. The van der Waals surface area contributed by atoms with Crippen LogP contribution < -0.4 is 9.67 Å². The van der Waals surface area contributed by atoms with Crippen LogP contribution in [0.4, 0.5) is 22.0 Å². The summed E-state index contributed by atoms with van der Waals surface area (Å²) in [4.78, 5) is 16.0. The van der Waals surface area contributed by atoms with Crippen molar-refractivity contribution in [3.8, 4) is 5.88 Å². The van der Waals surface area contributed by atoms with Crippen molar-refractivity contribution in [2.75, 3.05) is 5.75 Å². The van der Waals surface area contributed by atoms with Crippen LogP contribution in [-0.4, -0.2) is 33.2 Å². The van der Waals surface area contributed by atoms with Gasteiger partial charge < -0.3 is 5.11 Å². The third-order valence-corrected chi connectivity index (χ3v) is 5.50. The van der Waals surface area contributed by atoms with Crippen molar-refractivity contribution in [2.24, 2.45) is 0 Å². The van der Waals surface area contributed by atoms with Crippen LogP contribution in [0.3, 0.4) is 0 Å². The summed E-state index contributed by atoms with van der Waals surface area (Å²) in [5.41, 5.74) is -0.771. The minimum absolute atomic E-state index is 0.0115. The molecule has 5 nitrogen and oxygen atoms in total. The number of halogens is 6. The van der Waals surface area contributed by atoms with Gasteiger partial charge in [-0.1, -0.05) is 17.7 Å². The molecular weight excluding hydrogens is 417 g/mol. The first-order chi connectivity index (χ1) is 12.5. The maximum Gasteiger partial charge on any atom is 0.461 e. The van der Waals surface area contributed by atoms with E-state index in [1.165, 1.54) is 25.3 Å². The molecule has 3 heterocycles. The highest BCUT2D eigenvalue weighted by molar-refractivity contribution is 7.99. The normalized spacial score (nSPS) is 17.2. The lowest BCUT2D eigenvalue weighted by atomic mass is 10.1. The van der Waals surface area contributed by atoms with Gasteiger partial charge in [-0.2, -0.15) is 22.0 Å². The molecule has 0 aliphatic carbocycles. The highest BCUT2D eigenvalue weighted by Gasteiger charge is 2.65. The number of pyridine rings is 1. The second-order valence-corrected chi connectivity index (χ2v) is 7.07. The molecule has 3 rings (SSSR count). The lowest BCUT2D eigenvalue weighted by molar-refractivity contribution is -0.763. The monoisotopic (exact) mass is 427 g/mol. The van der Waals surface area contributed by atoms with Crippen LogP contribution in [0.1, 0.15) is 29.0 Å². The average Bonchev–Trinajstić information content (AvgIpc) is 3.11. The molecule has 0 fully saturated rings. The fraction of sp³-hybridized carbons (Fsp3) is 0.400. The summed E-state index contributed by atoms with van der Waals surface area (Å²) in [6.45, 7) is 1.54. The van der Waals surface area contributed by atoms with Gasteiger partial charge in [-0.15, -0.1) is 0 Å². The first kappa shape index (κ1) is 19.9. The van der Waals surface area contributed by atoms with Gasteiger partial charge >= 0.3 is 17.3 Å². The summed E-state index contributed by atoms with van der Waals surface area (Å²) in [6.07, 6.45) is -4.79. The zero-order valence-corrected chi connectivity index (χ0v) is 15.1. The second kappa shape index (κ2) is 6.62. The first-order valence-electron chi connectivity index (χ1n) is 7.59. The van der Waals surface area contributed by atoms with E-state index in [4.69, 9.17) is 11.6 Å². The van der Waals surface area contributed by atoms with Gasteiger partial charge in [0.15, 0.2) is 0 Å². The number of Topliss-reactive ketones (excluding diaryl/α,β-unsaturated/α-hetero) is 1. The van der Waals surface area contributed by atoms with Crippen LogP contribution in [0.15, 0.2) is 23.5 Å². The standard InChI is InChI=1S/C15H11ClF5N3O2S/c1-2-23-12(26)10(11(25)14(17,18)15(19,20)21)24-8(6-27-13(23)24)7-3-4-9(16)22-5-7/h3-5,8H,2,6H2,1H3. The molecule has 1 aliphatic heterocycles. The largest absolute Gasteiger partial charge is 0.839 e. The molecule has 0 radical (unpaired) electrons. The zero-order chi connectivity index (χ0) is 20.1. The maximum atomic E-state index is 13.7. The minimum atomic E-state index is -6.11. The van der Waals surface area contributed by atoms with Crippen LogP contribution >= 0.6 is 23.4 Å². The SMILES string of the molecule is CC[n+]1c([O-])c(C(=O)C(F)(F)C(F)(F)F)n2c1SCC2c1ccc(Cl)nc1. The Morgan fingerprint density at radius 2 is 2.07 bits per heavy atom. The van der Waals surface area contributed by atoms with E-state index in [-0.39, 0.29) is 22.6 Å². The van der Waals surface area contributed by atoms with Gasteiger partial charge in [0.1, 0.15) is 17.1 Å². The highest BCUT2D eigenvalue weighted by atomic mass is 35.5. The summed E-state index contributed by atoms with van der Waals surface area (Å²) in [5.74, 6) is -9.19. The van der Waals surface area contributed by atoms with Crippen LogP contribution in [-0.2, 0) is 6.54 Å². The number of hydrogen-bond acceptors (Lipinski definition) is 4. The number of fused-ring (bicyclic) bond motifs is 1. The molecule has 0 amide bonds. The predicted octanol–water partition coefficient (Wildman–Crippen LogP) is 2.99. The molecule has 2 aromatic rings. The van der Waals surface area contributed by atoms with Crippen molar-refractivity contribution in [1.29, 1.82) is 0 Å². The fourth-order valence-electron chi connectivity index (χ4n) is 2.80. The number of carbonyl (C=O) groups excluding carboxylic acids is 1. The third-order valence-electron chi connectivity index (χ3n) is 4.12. The van der Waals surface area contributed by atoms with E-state index in [1.54, 1.807) is 0 Å². The Bertz CT molecular complexity index is 898. The van der Waals surface area contributed by atoms with Gasteiger partial charge in [0.2, 0.25) is 5.69 Å². The molecule has 27 heavy (non-hydrogen) atoms. The van der Waals surface area contributed by atoms with Crippen molar-refractivity contribution in [3.63, 3.8) is 0 Å². The Morgan fingerprint density at radius 1 is 1.41 bits per heavy atom. The topological polar surface area (TPSA) is 61.8 Å². The predicted molar refractivity (Wildman–Crippen MR) is 83.2 cm³/mol. The number of alkyl halides is 5. The molecule has 0 N–H and O–H groups in total. The molecule has 0 aromatic carbocycles. The molecule has 2 aromatic heterocycles. The summed E-state index contributed by atoms with van der Waals surface area (Å²) >= 11 is 6.79. The Kier molecular flexibility index (Phi) is 4.87. The van der Waals surface area contributed by atoms with E-state index in [1.807, 2.05) is 0 Å². The zero-order valence-electron chi connectivity index (χ0n) is 13.6. The number of carbonyl (C=O) groups is 1. The molecular formula is C15H11ClF5N3O2S. The number of rotatable bonds is 4. The molecule has 1 unspecified atom stereocenters. The van der Waals surface area contributed by atoms with E-state index in [0.29, 0.717) is 5.56 Å². The highest BCUT2D eigenvalue weighted by Crippen LogP contribution is 2.44. The maximum absolute atomic E-state index is 13.7. The van der Waals surface area contributed by atoms with Crippen LogP contribution in [0, 0.1) is 0 Å². The molecule has 0 spiro atoms. The van der Waals surface area contributed by atoms with Crippen molar-refractivity contribution in [2.45, 2.75) is 36.8 Å². The van der Waals surface area contributed by atoms with Crippen LogP contribution in [0.2, 0.25) is 5.15 Å². The Hall–Kier alpha value is -1.88. The number of nitrogens with zero attached hydrogens (tertiary/aromatic N) is 3. The van der Waals surface area contributed by atoms with Crippen LogP contribution in [0.5, 0.6) is 5.88 Å². The van der Waals surface area contributed by atoms with E-state index < -0.39 is 35.5 Å². The van der Waals surface area contributed by atoms with E-state index >= 15 is 0 Å². The molecule has 1 atom stereocenters. The number of thioether (sulfide) groups is 1. The van der Waals surface area contributed by atoms with Gasteiger partial charge in [-0.25, -0.2) is 14.1 Å². The van der Waals surface area contributed by atoms with Gasteiger partial charge in [0.05, 0.1) is 12.3 Å². The molecule has 0 bridgehead atoms. The van der Waals surface area contributed by atoms with Crippen molar-refractivity contribution < 1.29 is 36.4 Å². The van der Waals surface area contributed by atoms with Gasteiger partial charge in [-0.3, -0.25) is 4.79 Å². The average molecular weight is 428 g/mol. The molecule has 0 saturated heterocycles. The summed E-state index contributed by atoms with van der Waals surface area (Å²) in [5, 5.41) is 12.8. The number of ketones is 1. The number of hydrogen-bond donors (Lipinski definition) is 0. The second-order valence-electron chi connectivity index (χ2n) is 5.69. The van der Waals surface area contributed by atoms with Gasteiger partial charge in [0.25, 0.3) is 5.78 Å². The number of aromatic nitrogens is 3. The van der Waals surface area contributed by atoms with Gasteiger partial charge in [0, 0.05) is 11.8 Å². The Labute approximate surface area is 158 Å². The van der Waals surface area contributed by atoms with E-state index in [0.717, 1.165) is 20.9 Å². The molecule has 12 heteroatoms. The first-order valence-corrected chi connectivity index (χ1v) is 8.95. The lowest BCUT2D eigenvalue weighted by Crippen LogP contribution is -2.45. The van der Waals surface area contributed by atoms with Crippen LogP contribution in [0.25, 0.3) is 0 Å². The summed E-state index contributed by atoms with van der Waals surface area (Å²) in [7, 11) is 0. The quantitative estimate of drug-likeness (QED) is 0.326. The lowest BCUT2D eigenvalue weighted by Gasteiger charge is -2.19. The molecule has 146 valence electrons. The smallest absolute Gasteiger partial charge is 0.461 e. The summed E-state index contributed by atoms with van der Waals surface area (Å²) < 4.78 is 67.4. The van der Waals surface area contributed by atoms with Crippen molar-refractivity contribution in [3.05, 3.63) is 34.7 Å². The molecule has 0 saturated carbocycles. The minimum Gasteiger partial charge on any atom is -0.839 e. The molecule has 1 aliphatic rings. The fourth-order valence-corrected chi connectivity index (χ4v) is 4.29. The van der Waals surface area contributed by atoms with E-state index in [2.05, 4.69) is 4.98 Å². The number of imidazole rings is 1. The van der Waals surface area contributed by atoms with Crippen molar-refractivity contribution >= 4 is 29.1 Å². The van der Waals surface area contributed by atoms with E-state index in [9.17, 15) is 31.9 Å². The van der Waals surface area contributed by atoms with Crippen molar-refractivity contribution in [1.82, 2.24) is 9.55 Å². The third kappa shape index (κ3) is 3.06. The Morgan fingerprint density at radius 3 is 2.59 bits per heavy atom.